The predicted molar refractivity (Wildman–Crippen MR) is 104 cm³/mol. The van der Waals surface area contributed by atoms with E-state index in [1.807, 2.05) is 0 Å². The Morgan fingerprint density at radius 2 is 1.83 bits per heavy atom. The molecule has 150 valence electrons. The van der Waals surface area contributed by atoms with Gasteiger partial charge in [-0.05, 0) is 53.7 Å². The average Bonchev–Trinajstić information content (AvgIpc) is 2.90. The standard InChI is InChI=1S/C19H12ClF3N2O3S/c20-13-6-4-11(5-7-13)8-15-17(27)25(18(28)29-15)10-16(26)24-14-3-1-2-12(9-14)19(21,22)23/h1-9H,10H2,(H,24,26)/b15-8-. The molecule has 2 aromatic rings. The maximum Gasteiger partial charge on any atom is 0.416 e. The number of anilines is 1. The van der Waals surface area contributed by atoms with Crippen LogP contribution in [0.15, 0.2) is 53.4 Å². The van der Waals surface area contributed by atoms with Crippen LogP contribution in [-0.4, -0.2) is 28.5 Å². The van der Waals surface area contributed by atoms with E-state index in [9.17, 15) is 27.6 Å². The molecule has 1 heterocycles. The molecule has 29 heavy (non-hydrogen) atoms. The zero-order valence-corrected chi connectivity index (χ0v) is 16.1. The molecule has 10 heteroatoms. The number of benzene rings is 2. The van der Waals surface area contributed by atoms with Crippen LogP contribution in [0.5, 0.6) is 0 Å². The van der Waals surface area contributed by atoms with Gasteiger partial charge in [0, 0.05) is 10.7 Å². The summed E-state index contributed by atoms with van der Waals surface area (Å²) >= 11 is 6.47. The fraction of sp³-hybridized carbons (Fsp3) is 0.105. The van der Waals surface area contributed by atoms with Gasteiger partial charge in [0.2, 0.25) is 5.91 Å². The molecule has 1 aliphatic heterocycles. The summed E-state index contributed by atoms with van der Waals surface area (Å²) in [5.74, 6) is -1.45. The van der Waals surface area contributed by atoms with Crippen molar-refractivity contribution in [2.24, 2.45) is 0 Å². The van der Waals surface area contributed by atoms with Crippen LogP contribution in [0.25, 0.3) is 6.08 Å². The number of nitrogens with one attached hydrogen (secondary N) is 1. The number of carbonyl (C=O) groups is 3. The van der Waals surface area contributed by atoms with Gasteiger partial charge in [0.15, 0.2) is 0 Å². The SMILES string of the molecule is O=C(CN1C(=O)S/C(=C\c2ccc(Cl)cc2)C1=O)Nc1cccc(C(F)(F)F)c1. The Balaban J connectivity index is 1.68. The van der Waals surface area contributed by atoms with Gasteiger partial charge in [0.1, 0.15) is 6.54 Å². The van der Waals surface area contributed by atoms with Crippen LogP contribution in [-0.2, 0) is 15.8 Å². The number of carbonyl (C=O) groups excluding carboxylic acids is 3. The van der Waals surface area contributed by atoms with Crippen molar-refractivity contribution >= 4 is 52.2 Å². The highest BCUT2D eigenvalue weighted by Crippen LogP contribution is 2.33. The van der Waals surface area contributed by atoms with Gasteiger partial charge in [0.05, 0.1) is 10.5 Å². The van der Waals surface area contributed by atoms with Gasteiger partial charge in [-0.3, -0.25) is 19.3 Å². The van der Waals surface area contributed by atoms with E-state index in [-0.39, 0.29) is 10.6 Å². The molecule has 0 aliphatic carbocycles. The maximum absolute atomic E-state index is 12.8. The van der Waals surface area contributed by atoms with Gasteiger partial charge in [-0.2, -0.15) is 13.2 Å². The van der Waals surface area contributed by atoms with Gasteiger partial charge in [-0.15, -0.1) is 0 Å². The number of thioether (sulfide) groups is 1. The highest BCUT2D eigenvalue weighted by molar-refractivity contribution is 8.18. The van der Waals surface area contributed by atoms with E-state index in [1.54, 1.807) is 24.3 Å². The number of nitrogens with zero attached hydrogens (tertiary/aromatic N) is 1. The second-order valence-corrected chi connectivity index (χ2v) is 7.38. The highest BCUT2D eigenvalue weighted by Gasteiger charge is 2.36. The Labute approximate surface area is 172 Å². The van der Waals surface area contributed by atoms with Gasteiger partial charge >= 0.3 is 6.18 Å². The summed E-state index contributed by atoms with van der Waals surface area (Å²) in [5, 5.41) is 2.14. The number of imide groups is 1. The minimum absolute atomic E-state index is 0.0893. The number of amides is 3. The van der Waals surface area contributed by atoms with E-state index in [2.05, 4.69) is 5.32 Å². The molecule has 1 fully saturated rings. The fourth-order valence-electron chi connectivity index (χ4n) is 2.46. The molecule has 1 N–H and O–H groups in total. The van der Waals surface area contributed by atoms with Crippen molar-refractivity contribution in [2.45, 2.75) is 6.18 Å². The van der Waals surface area contributed by atoms with Gasteiger partial charge in [-0.1, -0.05) is 29.8 Å². The van der Waals surface area contributed by atoms with E-state index in [0.29, 0.717) is 22.3 Å². The maximum atomic E-state index is 12.8. The molecular formula is C19H12ClF3N2O3S. The largest absolute Gasteiger partial charge is 0.416 e. The van der Waals surface area contributed by atoms with E-state index >= 15 is 0 Å². The summed E-state index contributed by atoms with van der Waals surface area (Å²) < 4.78 is 38.3. The van der Waals surface area contributed by atoms with Crippen molar-refractivity contribution in [2.75, 3.05) is 11.9 Å². The fourth-order valence-corrected chi connectivity index (χ4v) is 3.43. The first-order valence-corrected chi connectivity index (χ1v) is 9.31. The third kappa shape index (κ3) is 5.18. The lowest BCUT2D eigenvalue weighted by molar-refractivity contribution is -0.137. The summed E-state index contributed by atoms with van der Waals surface area (Å²) in [4.78, 5) is 37.5. The molecule has 5 nitrogen and oxygen atoms in total. The quantitative estimate of drug-likeness (QED) is 0.677. The zero-order chi connectivity index (χ0) is 21.2. The Hall–Kier alpha value is -2.78. The van der Waals surface area contributed by atoms with Crippen LogP contribution in [0.4, 0.5) is 23.7 Å². The molecule has 0 aromatic heterocycles. The van der Waals surface area contributed by atoms with Crippen molar-refractivity contribution in [1.29, 1.82) is 0 Å². The zero-order valence-electron chi connectivity index (χ0n) is 14.5. The molecule has 0 saturated carbocycles. The van der Waals surface area contributed by atoms with Gasteiger partial charge in [-0.25, -0.2) is 0 Å². The molecule has 3 amide bonds. The first-order chi connectivity index (χ1) is 13.6. The van der Waals surface area contributed by atoms with E-state index < -0.39 is 35.3 Å². The van der Waals surface area contributed by atoms with Crippen molar-refractivity contribution in [3.8, 4) is 0 Å². The average molecular weight is 441 g/mol. The number of rotatable bonds is 4. The normalized spacial score (nSPS) is 15.9. The number of alkyl halides is 3. The number of halogens is 4. The second kappa shape index (κ2) is 8.30. The number of hydrogen-bond acceptors (Lipinski definition) is 4. The van der Waals surface area contributed by atoms with Crippen molar-refractivity contribution in [3.05, 3.63) is 69.6 Å². The van der Waals surface area contributed by atoms with Crippen LogP contribution in [0.2, 0.25) is 5.02 Å². The van der Waals surface area contributed by atoms with Crippen molar-refractivity contribution in [1.82, 2.24) is 4.90 Å². The molecule has 0 atom stereocenters. The van der Waals surface area contributed by atoms with Crippen LogP contribution in [0.3, 0.4) is 0 Å². The summed E-state index contributed by atoms with van der Waals surface area (Å²) in [6.45, 7) is -0.612. The minimum atomic E-state index is -4.56. The highest BCUT2D eigenvalue weighted by atomic mass is 35.5. The van der Waals surface area contributed by atoms with Crippen LogP contribution >= 0.6 is 23.4 Å². The Bertz CT molecular complexity index is 1010. The first-order valence-electron chi connectivity index (χ1n) is 8.11. The first kappa shape index (κ1) is 20.9. The summed E-state index contributed by atoms with van der Waals surface area (Å²) in [7, 11) is 0. The lowest BCUT2D eigenvalue weighted by Crippen LogP contribution is -2.36. The van der Waals surface area contributed by atoms with Crippen molar-refractivity contribution < 1.29 is 27.6 Å². The number of hydrogen-bond donors (Lipinski definition) is 1. The molecule has 1 saturated heterocycles. The Morgan fingerprint density at radius 1 is 1.14 bits per heavy atom. The predicted octanol–water partition coefficient (Wildman–Crippen LogP) is 5.03. The molecular weight excluding hydrogens is 429 g/mol. The summed E-state index contributed by atoms with van der Waals surface area (Å²) in [5.41, 5.74) is -0.366. The molecule has 0 bridgehead atoms. The smallest absolute Gasteiger partial charge is 0.325 e. The van der Waals surface area contributed by atoms with Gasteiger partial charge in [0.25, 0.3) is 11.1 Å². The Morgan fingerprint density at radius 3 is 2.48 bits per heavy atom. The monoisotopic (exact) mass is 440 g/mol. The van der Waals surface area contributed by atoms with Crippen LogP contribution in [0, 0.1) is 0 Å². The molecule has 0 unspecified atom stereocenters. The molecule has 3 rings (SSSR count). The topological polar surface area (TPSA) is 66.5 Å². The van der Waals surface area contributed by atoms with E-state index in [1.165, 1.54) is 12.1 Å². The summed E-state index contributed by atoms with van der Waals surface area (Å²) in [6, 6.07) is 10.6. The van der Waals surface area contributed by atoms with Crippen LogP contribution in [0.1, 0.15) is 11.1 Å². The lowest BCUT2D eigenvalue weighted by Gasteiger charge is -2.13. The third-order valence-corrected chi connectivity index (χ3v) is 4.98. The van der Waals surface area contributed by atoms with Crippen molar-refractivity contribution in [3.63, 3.8) is 0 Å². The van der Waals surface area contributed by atoms with Gasteiger partial charge < -0.3 is 5.32 Å². The molecule has 1 aliphatic rings. The van der Waals surface area contributed by atoms with Crippen LogP contribution < -0.4 is 5.32 Å². The molecule has 2 aromatic carbocycles. The lowest BCUT2D eigenvalue weighted by atomic mass is 10.2. The molecule has 0 radical (unpaired) electrons. The molecule has 0 spiro atoms. The Kier molecular flexibility index (Phi) is 5.99. The van der Waals surface area contributed by atoms with E-state index in [0.717, 1.165) is 23.1 Å². The van der Waals surface area contributed by atoms with E-state index in [4.69, 9.17) is 11.6 Å². The third-order valence-electron chi connectivity index (χ3n) is 3.82. The minimum Gasteiger partial charge on any atom is -0.325 e. The summed E-state index contributed by atoms with van der Waals surface area (Å²) in [6.07, 6.45) is -3.06. The second-order valence-electron chi connectivity index (χ2n) is 5.95.